The Hall–Kier alpha value is -2.53. The van der Waals surface area contributed by atoms with Gasteiger partial charge in [-0.25, -0.2) is 14.2 Å². The summed E-state index contributed by atoms with van der Waals surface area (Å²) in [6, 6.07) is 11.9. The molecule has 2 aromatic heterocycles. The van der Waals surface area contributed by atoms with Gasteiger partial charge in [0.05, 0.1) is 26.3 Å². The molecule has 130 valence electrons. The maximum atomic E-state index is 13.0. The molecule has 0 amide bonds. The number of nitrogens with zero attached hydrogens (tertiary/aromatic N) is 3. The summed E-state index contributed by atoms with van der Waals surface area (Å²) in [5.74, 6) is 1.46. The van der Waals surface area contributed by atoms with E-state index in [0.29, 0.717) is 0 Å². The number of aryl methyl sites for hydroxylation is 1. The zero-order chi connectivity index (χ0) is 17.7. The van der Waals surface area contributed by atoms with E-state index in [2.05, 4.69) is 33.9 Å². The van der Waals surface area contributed by atoms with Gasteiger partial charge in [0.1, 0.15) is 0 Å². The number of pyridine rings is 2. The highest BCUT2D eigenvalue weighted by atomic mass is 32.2. The highest BCUT2D eigenvalue weighted by molar-refractivity contribution is 7.85. The minimum atomic E-state index is -1.26. The molecule has 1 aromatic carbocycles. The first-order chi connectivity index (χ1) is 12.8. The summed E-state index contributed by atoms with van der Waals surface area (Å²) in [6.45, 7) is 2.19. The van der Waals surface area contributed by atoms with Crippen molar-refractivity contribution in [1.82, 2.24) is 9.97 Å². The molecule has 5 rings (SSSR count). The van der Waals surface area contributed by atoms with Crippen LogP contribution in [0.5, 0.6) is 0 Å². The molecule has 0 fully saturated rings. The topological polar surface area (TPSA) is 46.1 Å². The largest absolute Gasteiger partial charge is 0.277 e. The Kier molecular flexibility index (Phi) is 3.64. The van der Waals surface area contributed by atoms with Gasteiger partial charge in [-0.05, 0) is 79.6 Å². The van der Waals surface area contributed by atoms with Gasteiger partial charge < -0.3 is 0 Å². The summed E-state index contributed by atoms with van der Waals surface area (Å²) in [5, 5.41) is 0. The molecule has 0 spiro atoms. The minimum absolute atomic E-state index is 0.730. The third-order valence-electron chi connectivity index (χ3n) is 5.31. The molecule has 3 aromatic rings. The van der Waals surface area contributed by atoms with E-state index < -0.39 is 10.8 Å². The van der Waals surface area contributed by atoms with Gasteiger partial charge in [-0.1, -0.05) is 6.07 Å². The van der Waals surface area contributed by atoms with Crippen LogP contribution in [0.25, 0.3) is 0 Å². The molecule has 0 saturated heterocycles. The molecule has 1 aliphatic carbocycles. The number of aromatic nitrogens is 2. The second kappa shape index (κ2) is 6.02. The minimum Gasteiger partial charge on any atom is -0.277 e. The molecule has 0 radical (unpaired) electrons. The molecule has 0 bridgehead atoms. The summed E-state index contributed by atoms with van der Waals surface area (Å²) < 4.78 is 13.0. The van der Waals surface area contributed by atoms with Crippen LogP contribution >= 0.6 is 0 Å². The van der Waals surface area contributed by atoms with E-state index in [-0.39, 0.29) is 0 Å². The van der Waals surface area contributed by atoms with E-state index in [4.69, 9.17) is 0 Å². The Balaban J connectivity index is 1.81. The number of benzene rings is 1. The third kappa shape index (κ3) is 2.23. The maximum absolute atomic E-state index is 13.0. The standard InChI is InChI=1S/C21H19N3OS/c1-14-10-11-17(16-7-3-2-6-15(14)16)24-20-18(8-4-12-22-20)26(25)19-9-5-13-23-21(19)24/h4-5,8-13H,2-3,6-7H2,1H3. The molecular formula is C21H19N3OS. The lowest BCUT2D eigenvalue weighted by molar-refractivity contribution is 0.678. The molecule has 4 nitrogen and oxygen atoms in total. The van der Waals surface area contributed by atoms with Crippen LogP contribution in [0.15, 0.2) is 58.6 Å². The number of hydrogen-bond donors (Lipinski definition) is 0. The maximum Gasteiger partial charge on any atom is 0.155 e. The first-order valence-corrected chi connectivity index (χ1v) is 10.1. The van der Waals surface area contributed by atoms with Crippen LogP contribution in [-0.4, -0.2) is 14.2 Å². The third-order valence-corrected chi connectivity index (χ3v) is 6.75. The predicted molar refractivity (Wildman–Crippen MR) is 103 cm³/mol. The van der Waals surface area contributed by atoms with Crippen molar-refractivity contribution in [2.24, 2.45) is 0 Å². The van der Waals surface area contributed by atoms with Crippen LogP contribution < -0.4 is 4.90 Å². The predicted octanol–water partition coefficient (Wildman–Crippen LogP) is 4.61. The summed E-state index contributed by atoms with van der Waals surface area (Å²) in [7, 11) is -1.26. The number of anilines is 3. The molecule has 5 heteroatoms. The number of rotatable bonds is 1. The van der Waals surface area contributed by atoms with Crippen molar-refractivity contribution in [3.8, 4) is 0 Å². The van der Waals surface area contributed by atoms with Crippen molar-refractivity contribution in [1.29, 1.82) is 0 Å². The normalized spacial score (nSPS) is 16.0. The van der Waals surface area contributed by atoms with E-state index in [1.54, 1.807) is 12.4 Å². The van der Waals surface area contributed by atoms with E-state index >= 15 is 0 Å². The van der Waals surface area contributed by atoms with Gasteiger partial charge in [0.2, 0.25) is 0 Å². The van der Waals surface area contributed by atoms with Gasteiger partial charge in [0.15, 0.2) is 11.6 Å². The number of fused-ring (bicyclic) bond motifs is 3. The van der Waals surface area contributed by atoms with Crippen LogP contribution in [-0.2, 0) is 23.6 Å². The SMILES string of the molecule is Cc1ccc(N2c3ncccc3S(=O)c3cccnc32)c2c1CCCC2. The van der Waals surface area contributed by atoms with Gasteiger partial charge >= 0.3 is 0 Å². The first kappa shape index (κ1) is 15.7. The highest BCUT2D eigenvalue weighted by Crippen LogP contribution is 2.46. The lowest BCUT2D eigenvalue weighted by atomic mass is 9.87. The summed E-state index contributed by atoms with van der Waals surface area (Å²) in [6.07, 6.45) is 8.16. The molecule has 0 unspecified atom stereocenters. The van der Waals surface area contributed by atoms with Gasteiger partial charge in [-0.3, -0.25) is 4.90 Å². The van der Waals surface area contributed by atoms with Crippen LogP contribution in [0.2, 0.25) is 0 Å². The number of hydrogen-bond acceptors (Lipinski definition) is 4. The van der Waals surface area contributed by atoms with Crippen LogP contribution in [0.4, 0.5) is 17.3 Å². The van der Waals surface area contributed by atoms with Gasteiger partial charge in [-0.15, -0.1) is 0 Å². The fourth-order valence-electron chi connectivity index (χ4n) is 4.07. The summed E-state index contributed by atoms with van der Waals surface area (Å²) in [5.41, 5.74) is 5.32. The van der Waals surface area contributed by atoms with E-state index in [1.165, 1.54) is 29.5 Å². The lowest BCUT2D eigenvalue weighted by Gasteiger charge is -2.33. The molecular weight excluding hydrogens is 342 g/mol. The lowest BCUT2D eigenvalue weighted by Crippen LogP contribution is -2.24. The average Bonchev–Trinajstić information content (AvgIpc) is 2.70. The summed E-state index contributed by atoms with van der Waals surface area (Å²) in [4.78, 5) is 12.8. The monoisotopic (exact) mass is 361 g/mol. The Morgan fingerprint density at radius 1 is 0.885 bits per heavy atom. The van der Waals surface area contributed by atoms with Crippen molar-refractivity contribution >= 4 is 28.1 Å². The second-order valence-corrected chi connectivity index (χ2v) is 8.24. The molecule has 0 N–H and O–H groups in total. The van der Waals surface area contributed by atoms with Crippen molar-refractivity contribution in [3.63, 3.8) is 0 Å². The zero-order valence-corrected chi connectivity index (χ0v) is 15.4. The molecule has 0 atom stereocenters. The van der Waals surface area contributed by atoms with Crippen LogP contribution in [0, 0.1) is 6.92 Å². The van der Waals surface area contributed by atoms with Crippen LogP contribution in [0.3, 0.4) is 0 Å². The quantitative estimate of drug-likeness (QED) is 0.496. The Morgan fingerprint density at radius 2 is 1.50 bits per heavy atom. The van der Waals surface area contributed by atoms with Crippen molar-refractivity contribution < 1.29 is 4.21 Å². The smallest absolute Gasteiger partial charge is 0.155 e. The fourth-order valence-corrected chi connectivity index (χ4v) is 5.34. The molecule has 0 saturated carbocycles. The molecule has 2 aliphatic rings. The Labute approximate surface area is 155 Å². The van der Waals surface area contributed by atoms with Crippen molar-refractivity contribution in [2.45, 2.75) is 42.4 Å². The van der Waals surface area contributed by atoms with Crippen molar-refractivity contribution in [2.75, 3.05) is 4.90 Å². The zero-order valence-electron chi connectivity index (χ0n) is 14.6. The highest BCUT2D eigenvalue weighted by Gasteiger charge is 2.33. The van der Waals surface area contributed by atoms with Crippen molar-refractivity contribution in [3.05, 3.63) is 65.5 Å². The molecule has 26 heavy (non-hydrogen) atoms. The fraction of sp³-hybridized carbons (Fsp3) is 0.238. The molecule has 3 heterocycles. The Morgan fingerprint density at radius 3 is 2.15 bits per heavy atom. The average molecular weight is 361 g/mol. The Bertz CT molecular complexity index is 998. The van der Waals surface area contributed by atoms with E-state index in [9.17, 15) is 4.21 Å². The van der Waals surface area contributed by atoms with E-state index in [0.717, 1.165) is 40.0 Å². The van der Waals surface area contributed by atoms with Gasteiger partial charge in [-0.2, -0.15) is 0 Å². The molecule has 1 aliphatic heterocycles. The van der Waals surface area contributed by atoms with E-state index in [1.807, 2.05) is 24.3 Å². The van der Waals surface area contributed by atoms with Gasteiger partial charge in [0, 0.05) is 12.4 Å². The summed E-state index contributed by atoms with van der Waals surface area (Å²) >= 11 is 0. The first-order valence-electron chi connectivity index (χ1n) is 8.99. The van der Waals surface area contributed by atoms with Gasteiger partial charge in [0.25, 0.3) is 0 Å². The van der Waals surface area contributed by atoms with Crippen LogP contribution in [0.1, 0.15) is 29.5 Å². The second-order valence-electron chi connectivity index (χ2n) is 6.82.